The predicted octanol–water partition coefficient (Wildman–Crippen LogP) is 2.64. The van der Waals surface area contributed by atoms with Gasteiger partial charge in [0.1, 0.15) is 11.5 Å². The number of amides is 2. The van der Waals surface area contributed by atoms with Crippen molar-refractivity contribution in [3.05, 3.63) is 54.1 Å². The molecule has 0 spiro atoms. The molecule has 6 heteroatoms. The van der Waals surface area contributed by atoms with E-state index in [1.807, 2.05) is 6.07 Å². The predicted molar refractivity (Wildman–Crippen MR) is 80.6 cm³/mol. The highest BCUT2D eigenvalue weighted by atomic mass is 16.3. The van der Waals surface area contributed by atoms with Gasteiger partial charge in [-0.05, 0) is 31.2 Å². The van der Waals surface area contributed by atoms with E-state index in [-0.39, 0.29) is 11.5 Å². The van der Waals surface area contributed by atoms with Gasteiger partial charge in [-0.2, -0.15) is 5.10 Å². The van der Waals surface area contributed by atoms with Gasteiger partial charge >= 0.3 is 6.03 Å². The molecule has 0 unspecified atom stereocenters. The zero-order valence-electron chi connectivity index (χ0n) is 11.4. The van der Waals surface area contributed by atoms with E-state index >= 15 is 0 Å². The number of urea groups is 1. The number of nitrogens with one attached hydrogen (secondary N) is 2. The standard InChI is InChI=1S/C15H15N3O3/c1-10(13-8-7-12(19)9-14(13)20)17-18-15(21)16-11-5-3-2-4-6-11/h2-9,19-20H,1H3,(H2,16,18,21). The van der Waals surface area contributed by atoms with E-state index in [0.29, 0.717) is 17.0 Å². The lowest BCUT2D eigenvalue weighted by Gasteiger charge is -2.06. The molecule has 108 valence electrons. The number of para-hydroxylation sites is 1. The Morgan fingerprint density at radius 3 is 2.48 bits per heavy atom. The summed E-state index contributed by atoms with van der Waals surface area (Å²) in [6.07, 6.45) is 0. The molecule has 4 N–H and O–H groups in total. The molecule has 0 fully saturated rings. The molecule has 0 aliphatic carbocycles. The number of phenolic OH excluding ortho intramolecular Hbond substituents is 2. The van der Waals surface area contributed by atoms with Crippen molar-refractivity contribution in [3.8, 4) is 11.5 Å². The molecule has 2 aromatic carbocycles. The lowest BCUT2D eigenvalue weighted by atomic mass is 10.1. The fourth-order valence-corrected chi connectivity index (χ4v) is 1.70. The first-order chi connectivity index (χ1) is 10.1. The summed E-state index contributed by atoms with van der Waals surface area (Å²) in [5, 5.41) is 25.4. The zero-order valence-corrected chi connectivity index (χ0v) is 11.4. The van der Waals surface area contributed by atoms with Crippen LogP contribution >= 0.6 is 0 Å². The molecule has 0 aliphatic heterocycles. The molecular weight excluding hydrogens is 270 g/mol. The Morgan fingerprint density at radius 1 is 1.10 bits per heavy atom. The third kappa shape index (κ3) is 3.97. The number of carbonyl (C=O) groups is 1. The molecule has 0 radical (unpaired) electrons. The minimum atomic E-state index is -0.487. The molecule has 0 saturated carbocycles. The van der Waals surface area contributed by atoms with Crippen LogP contribution in [0.1, 0.15) is 12.5 Å². The second kappa shape index (κ2) is 6.42. The maximum absolute atomic E-state index is 11.7. The van der Waals surface area contributed by atoms with Crippen molar-refractivity contribution in [2.24, 2.45) is 5.10 Å². The maximum Gasteiger partial charge on any atom is 0.339 e. The van der Waals surface area contributed by atoms with Crippen LogP contribution in [0.5, 0.6) is 11.5 Å². The van der Waals surface area contributed by atoms with Gasteiger partial charge in [-0.1, -0.05) is 18.2 Å². The van der Waals surface area contributed by atoms with E-state index in [1.54, 1.807) is 31.2 Å². The van der Waals surface area contributed by atoms with E-state index in [0.717, 1.165) is 0 Å². The van der Waals surface area contributed by atoms with Crippen LogP contribution in [0.25, 0.3) is 0 Å². The van der Waals surface area contributed by atoms with Gasteiger partial charge in [0.15, 0.2) is 0 Å². The van der Waals surface area contributed by atoms with Gasteiger partial charge in [0.2, 0.25) is 0 Å². The molecule has 2 rings (SSSR count). The Morgan fingerprint density at radius 2 is 1.81 bits per heavy atom. The van der Waals surface area contributed by atoms with Crippen molar-refractivity contribution in [1.29, 1.82) is 0 Å². The third-order valence-electron chi connectivity index (χ3n) is 2.73. The van der Waals surface area contributed by atoms with Crippen molar-refractivity contribution in [3.63, 3.8) is 0 Å². The Labute approximate surface area is 121 Å². The summed E-state index contributed by atoms with van der Waals surface area (Å²) in [5.74, 6) is -0.152. The minimum Gasteiger partial charge on any atom is -0.508 e. The zero-order chi connectivity index (χ0) is 15.2. The number of rotatable bonds is 3. The Bertz CT molecular complexity index is 669. The molecule has 0 aliphatic rings. The van der Waals surface area contributed by atoms with Crippen LogP contribution in [-0.2, 0) is 0 Å². The Hall–Kier alpha value is -3.02. The number of nitrogens with zero attached hydrogens (tertiary/aromatic N) is 1. The highest BCUT2D eigenvalue weighted by molar-refractivity contribution is 6.02. The van der Waals surface area contributed by atoms with Crippen LogP contribution < -0.4 is 10.7 Å². The molecule has 21 heavy (non-hydrogen) atoms. The average Bonchev–Trinajstić information content (AvgIpc) is 2.46. The molecule has 0 bridgehead atoms. The van der Waals surface area contributed by atoms with Crippen LogP contribution in [0.15, 0.2) is 53.6 Å². The highest BCUT2D eigenvalue weighted by Gasteiger charge is 2.06. The fourth-order valence-electron chi connectivity index (χ4n) is 1.70. The van der Waals surface area contributed by atoms with E-state index in [4.69, 9.17) is 0 Å². The maximum atomic E-state index is 11.7. The van der Waals surface area contributed by atoms with Gasteiger partial charge in [0.25, 0.3) is 0 Å². The average molecular weight is 285 g/mol. The van der Waals surface area contributed by atoms with Gasteiger partial charge in [-0.25, -0.2) is 10.2 Å². The van der Waals surface area contributed by atoms with Gasteiger partial charge in [-0.3, -0.25) is 0 Å². The smallest absolute Gasteiger partial charge is 0.339 e. The number of hydrazone groups is 1. The van der Waals surface area contributed by atoms with Crippen LogP contribution in [0.3, 0.4) is 0 Å². The number of hydrogen-bond donors (Lipinski definition) is 4. The summed E-state index contributed by atoms with van der Waals surface area (Å²) in [6, 6.07) is 12.6. The van der Waals surface area contributed by atoms with E-state index in [9.17, 15) is 15.0 Å². The SMILES string of the molecule is CC(=NNC(=O)Nc1ccccc1)c1ccc(O)cc1O. The summed E-state index contributed by atoms with van der Waals surface area (Å²) < 4.78 is 0. The van der Waals surface area contributed by atoms with Gasteiger partial charge in [-0.15, -0.1) is 0 Å². The van der Waals surface area contributed by atoms with Gasteiger partial charge in [0.05, 0.1) is 5.71 Å². The van der Waals surface area contributed by atoms with Crippen LogP contribution in [-0.4, -0.2) is 22.0 Å². The van der Waals surface area contributed by atoms with Crippen molar-refractivity contribution in [1.82, 2.24) is 5.43 Å². The minimum absolute atomic E-state index is 0.0428. The number of carbonyl (C=O) groups excluding carboxylic acids is 1. The highest BCUT2D eigenvalue weighted by Crippen LogP contribution is 2.22. The first kappa shape index (κ1) is 14.4. The molecule has 2 aromatic rings. The molecule has 0 saturated heterocycles. The van der Waals surface area contributed by atoms with E-state index in [2.05, 4.69) is 15.8 Å². The van der Waals surface area contributed by atoms with Crippen molar-refractivity contribution < 1.29 is 15.0 Å². The number of hydrogen-bond acceptors (Lipinski definition) is 4. The normalized spacial score (nSPS) is 11.0. The van der Waals surface area contributed by atoms with Crippen LogP contribution in [0, 0.1) is 0 Å². The number of phenols is 2. The molecule has 0 heterocycles. The van der Waals surface area contributed by atoms with Gasteiger partial charge < -0.3 is 15.5 Å². The quantitative estimate of drug-likeness (QED) is 0.516. The first-order valence-electron chi connectivity index (χ1n) is 6.25. The summed E-state index contributed by atoms with van der Waals surface area (Å²) in [4.78, 5) is 11.7. The van der Waals surface area contributed by atoms with Crippen molar-refractivity contribution >= 4 is 17.4 Å². The van der Waals surface area contributed by atoms with Crippen molar-refractivity contribution in [2.75, 3.05) is 5.32 Å². The largest absolute Gasteiger partial charge is 0.508 e. The Kier molecular flexibility index (Phi) is 4.40. The number of benzene rings is 2. The third-order valence-corrected chi connectivity index (χ3v) is 2.73. The molecule has 6 nitrogen and oxygen atoms in total. The topological polar surface area (TPSA) is 94.0 Å². The number of aromatic hydroxyl groups is 2. The second-order valence-electron chi connectivity index (χ2n) is 4.33. The fraction of sp³-hybridized carbons (Fsp3) is 0.0667. The monoisotopic (exact) mass is 285 g/mol. The molecule has 2 amide bonds. The summed E-state index contributed by atoms with van der Waals surface area (Å²) in [7, 11) is 0. The molecule has 0 aromatic heterocycles. The molecular formula is C15H15N3O3. The lowest BCUT2D eigenvalue weighted by Crippen LogP contribution is -2.25. The number of anilines is 1. The summed E-state index contributed by atoms with van der Waals surface area (Å²) >= 11 is 0. The lowest BCUT2D eigenvalue weighted by molar-refractivity contribution is 0.252. The van der Waals surface area contributed by atoms with Gasteiger partial charge in [0, 0.05) is 17.3 Å². The van der Waals surface area contributed by atoms with Crippen LogP contribution in [0.4, 0.5) is 10.5 Å². The molecule has 0 atom stereocenters. The van der Waals surface area contributed by atoms with E-state index < -0.39 is 6.03 Å². The van der Waals surface area contributed by atoms with E-state index in [1.165, 1.54) is 18.2 Å². The second-order valence-corrected chi connectivity index (χ2v) is 4.33. The summed E-state index contributed by atoms with van der Waals surface area (Å²) in [5.41, 5.74) is 3.82. The first-order valence-corrected chi connectivity index (χ1v) is 6.25. The Balaban J connectivity index is 2.01. The van der Waals surface area contributed by atoms with Crippen molar-refractivity contribution in [2.45, 2.75) is 6.92 Å². The summed E-state index contributed by atoms with van der Waals surface area (Å²) in [6.45, 7) is 1.63. The van der Waals surface area contributed by atoms with Crippen LogP contribution in [0.2, 0.25) is 0 Å².